The van der Waals surface area contributed by atoms with Gasteiger partial charge in [0.2, 0.25) is 11.8 Å². The topological polar surface area (TPSA) is 58.2 Å². The zero-order chi connectivity index (χ0) is 15.8. The van der Waals surface area contributed by atoms with Crippen LogP contribution in [-0.2, 0) is 15.0 Å². The molecule has 1 saturated heterocycles. The summed E-state index contributed by atoms with van der Waals surface area (Å²) < 4.78 is 28.2. The molecule has 0 radical (unpaired) electrons. The second-order valence-electron chi connectivity index (χ2n) is 6.21. The van der Waals surface area contributed by atoms with Crippen LogP contribution in [0.4, 0.5) is 14.5 Å². The molecule has 1 aromatic rings. The molecule has 118 valence electrons. The minimum atomic E-state index is -0.739. The van der Waals surface area contributed by atoms with Crippen LogP contribution >= 0.6 is 0 Å². The van der Waals surface area contributed by atoms with Crippen LogP contribution in [0.5, 0.6) is 0 Å². The van der Waals surface area contributed by atoms with Crippen molar-refractivity contribution in [3.63, 3.8) is 0 Å². The Kier molecular flexibility index (Phi) is 3.98. The molecule has 0 saturated carbocycles. The highest BCUT2D eigenvalue weighted by Gasteiger charge is 2.28. The van der Waals surface area contributed by atoms with Gasteiger partial charge in [-0.15, -0.1) is 0 Å². The lowest BCUT2D eigenvalue weighted by atomic mass is 9.86. The van der Waals surface area contributed by atoms with Crippen molar-refractivity contribution in [2.45, 2.75) is 45.1 Å². The van der Waals surface area contributed by atoms with Crippen LogP contribution < -0.4 is 10.6 Å². The first-order valence-corrected chi connectivity index (χ1v) is 6.78. The Morgan fingerprint density at radius 3 is 2.48 bits per heavy atom. The van der Waals surface area contributed by atoms with Gasteiger partial charge in [-0.05, 0) is 23.5 Å². The Hall–Kier alpha value is -1.98. The lowest BCUT2D eigenvalue weighted by Crippen LogP contribution is -2.47. The minimum Gasteiger partial charge on any atom is -0.371 e. The molecule has 1 unspecified atom stereocenters. The number of benzene rings is 1. The molecule has 0 spiro atoms. The Morgan fingerprint density at radius 2 is 1.90 bits per heavy atom. The van der Waals surface area contributed by atoms with Crippen molar-refractivity contribution in [1.29, 1.82) is 0 Å². The van der Waals surface area contributed by atoms with Gasteiger partial charge in [-0.25, -0.2) is 8.78 Å². The quantitative estimate of drug-likeness (QED) is 0.826. The van der Waals surface area contributed by atoms with Crippen molar-refractivity contribution in [3.8, 4) is 0 Å². The molecule has 6 heteroatoms. The summed E-state index contributed by atoms with van der Waals surface area (Å²) in [6.45, 7) is 5.37. The van der Waals surface area contributed by atoms with E-state index in [1.54, 1.807) is 20.8 Å². The van der Waals surface area contributed by atoms with Gasteiger partial charge < -0.3 is 5.32 Å². The number of rotatable bonds is 2. The van der Waals surface area contributed by atoms with Gasteiger partial charge in [0.1, 0.15) is 17.7 Å². The minimum absolute atomic E-state index is 0. The van der Waals surface area contributed by atoms with Crippen LogP contribution in [0.2, 0.25) is 0 Å². The zero-order valence-corrected chi connectivity index (χ0v) is 12.2. The maximum atomic E-state index is 14.1. The third-order valence-corrected chi connectivity index (χ3v) is 3.43. The summed E-state index contributed by atoms with van der Waals surface area (Å²) in [7, 11) is 0. The molecular weight excluding hydrogens is 278 g/mol. The molecule has 2 amide bonds. The second-order valence-corrected chi connectivity index (χ2v) is 6.21. The zero-order valence-electron chi connectivity index (χ0n) is 12.2. The predicted molar refractivity (Wildman–Crippen MR) is 79.1 cm³/mol. The molecule has 4 nitrogen and oxygen atoms in total. The lowest BCUT2D eigenvalue weighted by Gasteiger charge is -2.25. The Labute approximate surface area is 124 Å². The number of hydrogen-bond acceptors (Lipinski definition) is 3. The van der Waals surface area contributed by atoms with E-state index in [1.807, 2.05) is 0 Å². The largest absolute Gasteiger partial charge is 0.371 e. The fourth-order valence-corrected chi connectivity index (χ4v) is 2.25. The maximum absolute atomic E-state index is 14.1. The van der Waals surface area contributed by atoms with Crippen molar-refractivity contribution in [2.75, 3.05) is 5.32 Å². The van der Waals surface area contributed by atoms with E-state index in [9.17, 15) is 18.4 Å². The number of hydrogen-bond donors (Lipinski definition) is 2. The fraction of sp³-hybridized carbons (Fsp3) is 0.467. The average molecular weight is 300 g/mol. The lowest BCUT2D eigenvalue weighted by molar-refractivity contribution is -0.133. The van der Waals surface area contributed by atoms with Crippen LogP contribution in [-0.4, -0.2) is 17.9 Å². The number of imide groups is 1. The van der Waals surface area contributed by atoms with E-state index in [2.05, 4.69) is 10.6 Å². The van der Waals surface area contributed by atoms with Crippen molar-refractivity contribution in [3.05, 3.63) is 29.3 Å². The van der Waals surface area contributed by atoms with Gasteiger partial charge in [-0.2, -0.15) is 0 Å². The summed E-state index contributed by atoms with van der Waals surface area (Å²) in [5, 5.41) is 4.82. The van der Waals surface area contributed by atoms with Crippen molar-refractivity contribution in [2.24, 2.45) is 0 Å². The summed E-state index contributed by atoms with van der Waals surface area (Å²) in [5.41, 5.74) is -0.318. The van der Waals surface area contributed by atoms with Gasteiger partial charge in [-0.1, -0.05) is 20.8 Å². The third kappa shape index (κ3) is 3.37. The molecule has 0 aromatic heterocycles. The standard InChI is InChI=1S/C15H18F2N2O2.2H2/c1-15(2,3)8-6-10(17)12(7-9(8)16)18-11-4-5-13(20)19-14(11)21;;/h6-7,11,18H,4-5H2,1-3H3,(H,19,20,21);2*1H. The van der Waals surface area contributed by atoms with E-state index in [0.29, 0.717) is 0 Å². The van der Waals surface area contributed by atoms with Crippen molar-refractivity contribution < 1.29 is 21.2 Å². The molecule has 1 atom stereocenters. The molecule has 0 bridgehead atoms. The van der Waals surface area contributed by atoms with Crippen LogP contribution in [0.1, 0.15) is 42.0 Å². The molecule has 2 rings (SSSR count). The molecule has 21 heavy (non-hydrogen) atoms. The highest BCUT2D eigenvalue weighted by Crippen LogP contribution is 2.29. The average Bonchev–Trinajstić information content (AvgIpc) is 2.35. The number of nitrogens with one attached hydrogen (secondary N) is 2. The Balaban J connectivity index is 0.00000242. The Bertz CT molecular complexity index is 604. The van der Waals surface area contributed by atoms with Crippen LogP contribution in [0.25, 0.3) is 0 Å². The van der Waals surface area contributed by atoms with Crippen LogP contribution in [0.3, 0.4) is 0 Å². The van der Waals surface area contributed by atoms with E-state index >= 15 is 0 Å². The van der Waals surface area contributed by atoms with Gasteiger partial charge in [-0.3, -0.25) is 14.9 Å². The summed E-state index contributed by atoms with van der Waals surface area (Å²) in [5.74, 6) is -2.02. The molecule has 1 aromatic carbocycles. The molecule has 1 aliphatic heterocycles. The van der Waals surface area contributed by atoms with Gasteiger partial charge >= 0.3 is 0 Å². The Morgan fingerprint density at radius 1 is 1.24 bits per heavy atom. The summed E-state index contributed by atoms with van der Waals surface area (Å²) >= 11 is 0. The van der Waals surface area contributed by atoms with E-state index in [4.69, 9.17) is 0 Å². The molecule has 2 N–H and O–H groups in total. The SMILES string of the molecule is CC(C)(C)c1cc(F)c(NC2CCC(=O)NC2=O)cc1F.[HH].[HH]. The normalized spacial score (nSPS) is 19.4. The summed E-state index contributed by atoms with van der Waals surface area (Å²) in [6.07, 6.45) is 0.431. The number of carbonyl (C=O) groups excluding carboxylic acids is 2. The summed E-state index contributed by atoms with van der Waals surface area (Å²) in [4.78, 5) is 22.7. The van der Waals surface area contributed by atoms with E-state index in [0.717, 1.165) is 12.1 Å². The second kappa shape index (κ2) is 5.42. The maximum Gasteiger partial charge on any atom is 0.249 e. The van der Waals surface area contributed by atoms with E-state index < -0.39 is 29.0 Å². The predicted octanol–water partition coefficient (Wildman–Crippen LogP) is 2.97. The van der Waals surface area contributed by atoms with E-state index in [-0.39, 0.29) is 32.9 Å². The van der Waals surface area contributed by atoms with Crippen molar-refractivity contribution in [1.82, 2.24) is 5.32 Å². The van der Waals surface area contributed by atoms with Gasteiger partial charge in [0.25, 0.3) is 0 Å². The fourth-order valence-electron chi connectivity index (χ4n) is 2.25. The van der Waals surface area contributed by atoms with Gasteiger partial charge in [0.15, 0.2) is 0 Å². The number of halogens is 2. The van der Waals surface area contributed by atoms with Crippen LogP contribution in [0.15, 0.2) is 12.1 Å². The number of piperidine rings is 1. The number of carbonyl (C=O) groups is 2. The van der Waals surface area contributed by atoms with E-state index in [1.165, 1.54) is 0 Å². The summed E-state index contributed by atoms with van der Waals surface area (Å²) in [6, 6.07) is 1.46. The first kappa shape index (κ1) is 15.4. The highest BCUT2D eigenvalue weighted by atomic mass is 19.1. The van der Waals surface area contributed by atoms with Crippen LogP contribution in [0, 0.1) is 11.6 Å². The molecule has 1 heterocycles. The molecule has 1 fully saturated rings. The molecular formula is C15H22F2N2O2. The third-order valence-electron chi connectivity index (χ3n) is 3.43. The molecule has 0 aliphatic carbocycles. The smallest absolute Gasteiger partial charge is 0.249 e. The highest BCUT2D eigenvalue weighted by molar-refractivity contribution is 6.01. The molecule has 1 aliphatic rings. The first-order valence-electron chi connectivity index (χ1n) is 6.78. The monoisotopic (exact) mass is 300 g/mol. The number of amides is 2. The first-order chi connectivity index (χ1) is 9.68. The van der Waals surface area contributed by atoms with Gasteiger partial charge in [0, 0.05) is 15.3 Å². The van der Waals surface area contributed by atoms with Gasteiger partial charge in [0.05, 0.1) is 5.69 Å². The van der Waals surface area contributed by atoms with Crippen molar-refractivity contribution >= 4 is 17.5 Å². The number of anilines is 1.